The van der Waals surface area contributed by atoms with Crippen LogP contribution in [0.25, 0.3) is 0 Å². The van der Waals surface area contributed by atoms with Gasteiger partial charge in [-0.15, -0.1) is 0 Å². The van der Waals surface area contributed by atoms with Crippen LogP contribution >= 0.6 is 0 Å². The van der Waals surface area contributed by atoms with Crippen LogP contribution in [0.5, 0.6) is 0 Å². The normalized spacial score (nSPS) is 21.0. The van der Waals surface area contributed by atoms with E-state index in [4.69, 9.17) is 4.43 Å². The molecule has 25 heavy (non-hydrogen) atoms. The first-order valence-corrected chi connectivity index (χ1v) is 10.9. The molecule has 2 aromatic carbocycles. The molecule has 0 aromatic heterocycles. The first-order valence-electron chi connectivity index (χ1n) is 8.98. The van der Waals surface area contributed by atoms with Gasteiger partial charge in [0.2, 0.25) is 0 Å². The van der Waals surface area contributed by atoms with E-state index in [1.807, 2.05) is 0 Å². The molecule has 3 heteroatoms. The maximum Gasteiger partial charge on any atom is 0.261 e. The monoisotopic (exact) mass is 352 g/mol. The average molecular weight is 353 g/mol. The predicted octanol–water partition coefficient (Wildman–Crippen LogP) is 3.50. The van der Waals surface area contributed by atoms with Crippen molar-refractivity contribution in [3.8, 4) is 0 Å². The quantitative estimate of drug-likeness (QED) is 0.659. The number of benzene rings is 2. The van der Waals surface area contributed by atoms with Crippen molar-refractivity contribution in [1.29, 1.82) is 0 Å². The minimum Gasteiger partial charge on any atom is -0.407 e. The van der Waals surface area contributed by atoms with Gasteiger partial charge in [0.25, 0.3) is 8.32 Å². The summed E-state index contributed by atoms with van der Waals surface area (Å²) in [6.07, 6.45) is 0.407. The minimum atomic E-state index is -2.47. The van der Waals surface area contributed by atoms with E-state index in [0.717, 1.165) is 12.0 Å². The Morgan fingerprint density at radius 2 is 1.48 bits per heavy atom. The van der Waals surface area contributed by atoms with Crippen molar-refractivity contribution in [3.63, 3.8) is 0 Å². The largest absolute Gasteiger partial charge is 0.407 e. The van der Waals surface area contributed by atoms with Crippen molar-refractivity contribution in [2.24, 2.45) is 5.92 Å². The molecular weight excluding hydrogens is 324 g/mol. The van der Waals surface area contributed by atoms with Gasteiger partial charge in [-0.05, 0) is 27.4 Å². The van der Waals surface area contributed by atoms with E-state index in [9.17, 15) is 5.11 Å². The second kappa shape index (κ2) is 6.91. The van der Waals surface area contributed by atoms with E-state index in [1.165, 1.54) is 10.4 Å². The van der Waals surface area contributed by atoms with Crippen LogP contribution in [0, 0.1) is 5.92 Å². The van der Waals surface area contributed by atoms with E-state index < -0.39 is 8.32 Å². The lowest BCUT2D eigenvalue weighted by molar-refractivity contribution is 0.0862. The summed E-state index contributed by atoms with van der Waals surface area (Å²) in [5, 5.41) is 12.3. The molecule has 0 aliphatic heterocycles. The van der Waals surface area contributed by atoms with Crippen LogP contribution in [0.4, 0.5) is 0 Å². The molecule has 132 valence electrons. The third-order valence-electron chi connectivity index (χ3n) is 5.38. The van der Waals surface area contributed by atoms with E-state index >= 15 is 0 Å². The van der Waals surface area contributed by atoms with E-state index in [2.05, 4.69) is 88.0 Å². The van der Waals surface area contributed by atoms with Crippen molar-refractivity contribution in [3.05, 3.63) is 72.8 Å². The molecule has 1 aliphatic carbocycles. The van der Waals surface area contributed by atoms with Crippen molar-refractivity contribution >= 4 is 18.7 Å². The standard InChI is InChI=1S/C22H28O2Si/c1-17-18(15-21(17)23)16-24-25(22(2,3)4,19-11-7-5-8-12-19)20-13-9-6-10-14-20/h5-14,18,21,23H,1,15-16H2,2-4H3/t18-,21+/m0/s1. The van der Waals surface area contributed by atoms with Crippen LogP contribution in [0.3, 0.4) is 0 Å². The van der Waals surface area contributed by atoms with Gasteiger partial charge in [0.1, 0.15) is 0 Å². The molecule has 2 nitrogen and oxygen atoms in total. The molecular formula is C22H28O2Si. The van der Waals surface area contributed by atoms with Gasteiger partial charge in [-0.3, -0.25) is 0 Å². The summed E-state index contributed by atoms with van der Waals surface area (Å²) in [5.74, 6) is 0.261. The van der Waals surface area contributed by atoms with Crippen LogP contribution in [-0.4, -0.2) is 26.1 Å². The third kappa shape index (κ3) is 3.24. The molecule has 1 N–H and O–H groups in total. The van der Waals surface area contributed by atoms with Crippen LogP contribution in [-0.2, 0) is 4.43 Å². The second-order valence-corrected chi connectivity index (χ2v) is 12.3. The fourth-order valence-corrected chi connectivity index (χ4v) is 8.45. The maximum atomic E-state index is 9.77. The smallest absolute Gasteiger partial charge is 0.261 e. The summed E-state index contributed by atoms with van der Waals surface area (Å²) in [5.41, 5.74) is 0.915. The van der Waals surface area contributed by atoms with Gasteiger partial charge in [0.05, 0.1) is 6.10 Å². The van der Waals surface area contributed by atoms with E-state index in [0.29, 0.717) is 6.61 Å². The topological polar surface area (TPSA) is 29.5 Å². The molecule has 0 heterocycles. The van der Waals surface area contributed by atoms with E-state index in [-0.39, 0.29) is 17.1 Å². The second-order valence-electron chi connectivity index (χ2n) is 8.00. The molecule has 1 fully saturated rings. The zero-order chi connectivity index (χ0) is 18.1. The molecule has 2 atom stereocenters. The Kier molecular flexibility index (Phi) is 5.01. The highest BCUT2D eigenvalue weighted by Gasteiger charge is 2.51. The lowest BCUT2D eigenvalue weighted by atomic mass is 9.78. The maximum absolute atomic E-state index is 9.77. The Hall–Kier alpha value is -1.68. The van der Waals surface area contributed by atoms with Crippen LogP contribution in [0.1, 0.15) is 27.2 Å². The first kappa shape index (κ1) is 18.1. The van der Waals surface area contributed by atoms with Gasteiger partial charge in [-0.1, -0.05) is 88.0 Å². The first-order chi connectivity index (χ1) is 11.9. The summed E-state index contributed by atoms with van der Waals surface area (Å²) in [4.78, 5) is 0. The van der Waals surface area contributed by atoms with Gasteiger partial charge in [0, 0.05) is 12.5 Å². The summed E-state index contributed by atoms with van der Waals surface area (Å²) in [7, 11) is -2.47. The Morgan fingerprint density at radius 3 is 1.84 bits per heavy atom. The fourth-order valence-electron chi connectivity index (χ4n) is 3.85. The molecule has 1 saturated carbocycles. The molecule has 0 spiro atoms. The molecule has 0 unspecified atom stereocenters. The molecule has 0 amide bonds. The third-order valence-corrected chi connectivity index (χ3v) is 10.4. The van der Waals surface area contributed by atoms with Gasteiger partial charge >= 0.3 is 0 Å². The highest BCUT2D eigenvalue weighted by molar-refractivity contribution is 6.99. The fraction of sp³-hybridized carbons (Fsp3) is 0.364. The van der Waals surface area contributed by atoms with Crippen LogP contribution in [0.15, 0.2) is 72.8 Å². The van der Waals surface area contributed by atoms with Gasteiger partial charge < -0.3 is 9.53 Å². The molecule has 0 radical (unpaired) electrons. The molecule has 1 aliphatic rings. The number of hydrogen-bond donors (Lipinski definition) is 1. The highest BCUT2D eigenvalue weighted by Crippen LogP contribution is 2.39. The summed E-state index contributed by atoms with van der Waals surface area (Å²) in [6.45, 7) is 11.5. The molecule has 3 rings (SSSR count). The van der Waals surface area contributed by atoms with Crippen LogP contribution in [0.2, 0.25) is 5.04 Å². The zero-order valence-electron chi connectivity index (χ0n) is 15.4. The minimum absolute atomic E-state index is 0.0145. The van der Waals surface area contributed by atoms with Gasteiger partial charge in [0.15, 0.2) is 0 Å². The van der Waals surface area contributed by atoms with E-state index in [1.54, 1.807) is 0 Å². The van der Waals surface area contributed by atoms with Gasteiger partial charge in [-0.25, -0.2) is 0 Å². The Balaban J connectivity index is 2.04. The predicted molar refractivity (Wildman–Crippen MR) is 107 cm³/mol. The van der Waals surface area contributed by atoms with Crippen molar-refractivity contribution in [2.45, 2.75) is 38.3 Å². The van der Waals surface area contributed by atoms with Gasteiger partial charge in [-0.2, -0.15) is 0 Å². The lowest BCUT2D eigenvalue weighted by Crippen LogP contribution is -2.67. The summed E-state index contributed by atoms with van der Waals surface area (Å²) in [6, 6.07) is 21.3. The zero-order valence-corrected chi connectivity index (χ0v) is 16.4. The Labute approximate surface area is 152 Å². The summed E-state index contributed by atoms with van der Waals surface area (Å²) < 4.78 is 6.86. The SMILES string of the molecule is C=C1[C@H](CO[Si](c2ccccc2)(c2ccccc2)C(C)(C)C)C[C@H]1O. The number of aliphatic hydroxyl groups excluding tert-OH is 1. The molecule has 2 aromatic rings. The number of rotatable bonds is 5. The lowest BCUT2D eigenvalue weighted by Gasteiger charge is -2.45. The van der Waals surface area contributed by atoms with Crippen molar-refractivity contribution < 1.29 is 9.53 Å². The summed E-state index contributed by atoms with van der Waals surface area (Å²) >= 11 is 0. The van der Waals surface area contributed by atoms with Crippen molar-refractivity contribution in [2.75, 3.05) is 6.61 Å². The molecule has 0 saturated heterocycles. The Bertz CT molecular complexity index is 679. The number of aliphatic hydroxyl groups is 1. The van der Waals surface area contributed by atoms with Crippen LogP contribution < -0.4 is 10.4 Å². The molecule has 0 bridgehead atoms. The highest BCUT2D eigenvalue weighted by atomic mass is 28.4. The number of hydrogen-bond acceptors (Lipinski definition) is 2. The van der Waals surface area contributed by atoms with Crippen molar-refractivity contribution in [1.82, 2.24) is 0 Å². The average Bonchev–Trinajstić information content (AvgIpc) is 2.61. The Morgan fingerprint density at radius 1 is 1.00 bits per heavy atom.